The number of hydrogen-bond donors (Lipinski definition) is 1. The van der Waals surface area contributed by atoms with Crippen LogP contribution in [0.25, 0.3) is 10.8 Å². The lowest BCUT2D eigenvalue weighted by molar-refractivity contribution is -0.120. The first-order valence-electron chi connectivity index (χ1n) is 8.51. The summed E-state index contributed by atoms with van der Waals surface area (Å²) in [6, 6.07) is 2.57. The molecule has 4 rings (SSSR count). The Kier molecular flexibility index (Phi) is 4.39. The number of amides is 1. The summed E-state index contributed by atoms with van der Waals surface area (Å²) in [5, 5.41) is 11.5. The highest BCUT2D eigenvalue weighted by atomic mass is 32.2. The lowest BCUT2D eigenvalue weighted by Gasteiger charge is -2.16. The van der Waals surface area contributed by atoms with Crippen molar-refractivity contribution < 1.29 is 9.21 Å². The summed E-state index contributed by atoms with van der Waals surface area (Å²) in [4.78, 5) is 14.5. The van der Waals surface area contributed by atoms with E-state index in [2.05, 4.69) is 28.5 Å². The molecule has 1 amide bonds. The second-order valence-corrected chi connectivity index (χ2v) is 9.25. The number of nitrogens with one attached hydrogen (secondary N) is 1. The largest absolute Gasteiger partial charge is 0.410 e. The van der Waals surface area contributed by atoms with Crippen LogP contribution in [-0.4, -0.2) is 27.4 Å². The van der Waals surface area contributed by atoms with Gasteiger partial charge in [0.25, 0.3) is 11.1 Å². The van der Waals surface area contributed by atoms with Crippen LogP contribution in [0.2, 0.25) is 0 Å². The van der Waals surface area contributed by atoms with E-state index in [1.807, 2.05) is 6.92 Å². The van der Waals surface area contributed by atoms with Gasteiger partial charge in [-0.1, -0.05) is 18.7 Å². The molecule has 0 unspecified atom stereocenters. The minimum Gasteiger partial charge on any atom is -0.410 e. The van der Waals surface area contributed by atoms with Gasteiger partial charge in [-0.3, -0.25) is 4.79 Å². The first-order valence-corrected chi connectivity index (χ1v) is 10.2. The molecule has 24 heavy (non-hydrogen) atoms. The molecule has 1 fully saturated rings. The summed E-state index contributed by atoms with van der Waals surface area (Å²) in [6.07, 6.45) is 5.73. The standard InChI is InChI=1S/C17H21N3O2S2/c1-9-3-6-13-11(7-9)8-14(24-13)16-19-20-17(22-16)23-10(2)15(21)18-12-4-5-12/h8-10,12H,3-7H2,1-2H3,(H,18,21)/t9-,10+/m1/s1. The number of fused-ring (bicyclic) bond motifs is 1. The zero-order chi connectivity index (χ0) is 16.7. The monoisotopic (exact) mass is 363 g/mol. The molecule has 0 radical (unpaired) electrons. The Morgan fingerprint density at radius 1 is 1.42 bits per heavy atom. The molecule has 2 aliphatic rings. The van der Waals surface area contributed by atoms with E-state index in [4.69, 9.17) is 4.42 Å². The summed E-state index contributed by atoms with van der Waals surface area (Å²) in [7, 11) is 0. The van der Waals surface area contributed by atoms with Crippen LogP contribution >= 0.6 is 23.1 Å². The van der Waals surface area contributed by atoms with E-state index >= 15 is 0 Å². The van der Waals surface area contributed by atoms with Crippen molar-refractivity contribution in [2.45, 2.75) is 62.5 Å². The van der Waals surface area contributed by atoms with Gasteiger partial charge in [0.1, 0.15) is 0 Å². The number of nitrogens with zero attached hydrogens (tertiary/aromatic N) is 2. The molecule has 0 spiro atoms. The molecule has 0 saturated heterocycles. The molecule has 128 valence electrons. The van der Waals surface area contributed by atoms with Gasteiger partial charge in [0.2, 0.25) is 5.91 Å². The van der Waals surface area contributed by atoms with Crippen molar-refractivity contribution in [2.75, 3.05) is 0 Å². The summed E-state index contributed by atoms with van der Waals surface area (Å²) in [5.41, 5.74) is 1.43. The Bertz CT molecular complexity index is 751. The number of aryl methyl sites for hydroxylation is 1. The summed E-state index contributed by atoms with van der Waals surface area (Å²) in [6.45, 7) is 4.17. The van der Waals surface area contributed by atoms with Gasteiger partial charge in [-0.25, -0.2) is 0 Å². The van der Waals surface area contributed by atoms with Gasteiger partial charge < -0.3 is 9.73 Å². The van der Waals surface area contributed by atoms with Gasteiger partial charge in [-0.2, -0.15) is 0 Å². The zero-order valence-corrected chi connectivity index (χ0v) is 15.5. The maximum absolute atomic E-state index is 12.0. The van der Waals surface area contributed by atoms with Gasteiger partial charge in [0, 0.05) is 10.9 Å². The minimum absolute atomic E-state index is 0.0443. The average Bonchev–Trinajstić information content (AvgIpc) is 3.08. The van der Waals surface area contributed by atoms with E-state index in [0.29, 0.717) is 17.2 Å². The predicted molar refractivity (Wildman–Crippen MR) is 95.3 cm³/mol. The second-order valence-electron chi connectivity index (χ2n) is 6.82. The number of thioether (sulfide) groups is 1. The van der Waals surface area contributed by atoms with E-state index in [1.54, 1.807) is 11.3 Å². The number of rotatable bonds is 5. The fraction of sp³-hybridized carbons (Fsp3) is 0.588. The third kappa shape index (κ3) is 3.52. The van der Waals surface area contributed by atoms with E-state index in [1.165, 1.54) is 28.6 Å². The Labute approximate surface area is 149 Å². The van der Waals surface area contributed by atoms with Crippen molar-refractivity contribution >= 4 is 29.0 Å². The van der Waals surface area contributed by atoms with Crippen LogP contribution in [-0.2, 0) is 17.6 Å². The molecular formula is C17H21N3O2S2. The smallest absolute Gasteiger partial charge is 0.277 e. The Balaban J connectivity index is 1.43. The minimum atomic E-state index is -0.226. The average molecular weight is 364 g/mol. The van der Waals surface area contributed by atoms with Crippen molar-refractivity contribution in [3.63, 3.8) is 0 Å². The van der Waals surface area contributed by atoms with Gasteiger partial charge >= 0.3 is 0 Å². The molecule has 2 aliphatic carbocycles. The maximum atomic E-state index is 12.0. The molecule has 2 heterocycles. The van der Waals surface area contributed by atoms with Crippen molar-refractivity contribution in [1.82, 2.24) is 15.5 Å². The van der Waals surface area contributed by atoms with E-state index in [9.17, 15) is 4.79 Å². The van der Waals surface area contributed by atoms with Crippen LogP contribution in [0.15, 0.2) is 15.7 Å². The molecule has 2 atom stereocenters. The molecule has 0 bridgehead atoms. The maximum Gasteiger partial charge on any atom is 0.277 e. The summed E-state index contributed by atoms with van der Waals surface area (Å²) in [5.74, 6) is 1.36. The van der Waals surface area contributed by atoms with E-state index < -0.39 is 0 Å². The molecule has 2 aromatic heterocycles. The van der Waals surface area contributed by atoms with Crippen LogP contribution in [0.1, 0.15) is 43.6 Å². The van der Waals surface area contributed by atoms with Crippen molar-refractivity contribution in [2.24, 2.45) is 5.92 Å². The number of hydrogen-bond acceptors (Lipinski definition) is 6. The van der Waals surface area contributed by atoms with E-state index in [-0.39, 0.29) is 11.2 Å². The first-order chi connectivity index (χ1) is 11.6. The fourth-order valence-corrected chi connectivity index (χ4v) is 4.74. The highest BCUT2D eigenvalue weighted by molar-refractivity contribution is 8.00. The molecule has 1 saturated carbocycles. The number of carbonyl (C=O) groups excluding carboxylic acids is 1. The van der Waals surface area contributed by atoms with Gasteiger partial charge in [0.15, 0.2) is 0 Å². The molecule has 0 aliphatic heterocycles. The molecule has 5 nitrogen and oxygen atoms in total. The van der Waals surface area contributed by atoms with E-state index in [0.717, 1.165) is 36.5 Å². The predicted octanol–water partition coefficient (Wildman–Crippen LogP) is 3.68. The molecular weight excluding hydrogens is 342 g/mol. The Hall–Kier alpha value is -1.34. The summed E-state index contributed by atoms with van der Waals surface area (Å²) < 4.78 is 5.79. The highest BCUT2D eigenvalue weighted by Gasteiger charge is 2.27. The van der Waals surface area contributed by atoms with Crippen molar-refractivity contribution in [3.05, 3.63) is 16.5 Å². The highest BCUT2D eigenvalue weighted by Crippen LogP contribution is 2.37. The lowest BCUT2D eigenvalue weighted by Crippen LogP contribution is -2.32. The van der Waals surface area contributed by atoms with Gasteiger partial charge in [-0.15, -0.1) is 21.5 Å². The van der Waals surface area contributed by atoms with Crippen LogP contribution in [0, 0.1) is 5.92 Å². The van der Waals surface area contributed by atoms with Crippen LogP contribution in [0.4, 0.5) is 0 Å². The zero-order valence-electron chi connectivity index (χ0n) is 13.9. The molecule has 7 heteroatoms. The second kappa shape index (κ2) is 6.52. The number of thiophene rings is 1. The number of carbonyl (C=O) groups is 1. The van der Waals surface area contributed by atoms with Crippen molar-refractivity contribution in [1.29, 1.82) is 0 Å². The lowest BCUT2D eigenvalue weighted by atomic mass is 9.90. The number of aromatic nitrogens is 2. The molecule has 1 N–H and O–H groups in total. The van der Waals surface area contributed by atoms with Crippen molar-refractivity contribution in [3.8, 4) is 10.8 Å². The topological polar surface area (TPSA) is 68.0 Å². The quantitative estimate of drug-likeness (QED) is 0.821. The fourth-order valence-electron chi connectivity index (χ4n) is 2.92. The Morgan fingerprint density at radius 2 is 2.25 bits per heavy atom. The van der Waals surface area contributed by atoms with Gasteiger partial charge in [0.05, 0.1) is 10.1 Å². The van der Waals surface area contributed by atoms with Crippen LogP contribution < -0.4 is 5.32 Å². The first kappa shape index (κ1) is 16.1. The molecule has 2 aromatic rings. The normalized spacial score (nSPS) is 21.3. The third-order valence-electron chi connectivity index (χ3n) is 4.52. The Morgan fingerprint density at radius 3 is 3.04 bits per heavy atom. The van der Waals surface area contributed by atoms with Gasteiger partial charge in [-0.05, 0) is 56.6 Å². The molecule has 0 aromatic carbocycles. The third-order valence-corrected chi connectivity index (χ3v) is 6.68. The SMILES string of the molecule is C[C@@H]1CCc2sc(-c3nnc(S[C@@H](C)C(=O)NC4CC4)o3)cc2C1. The van der Waals surface area contributed by atoms with Crippen LogP contribution in [0.3, 0.4) is 0 Å². The van der Waals surface area contributed by atoms with Crippen LogP contribution in [0.5, 0.6) is 0 Å². The summed E-state index contributed by atoms with van der Waals surface area (Å²) >= 11 is 3.09.